The summed E-state index contributed by atoms with van der Waals surface area (Å²) >= 11 is 5.91. The molecule has 2 aromatic rings. The molecule has 1 aromatic carbocycles. The lowest BCUT2D eigenvalue weighted by molar-refractivity contribution is 0.412. The van der Waals surface area contributed by atoms with Gasteiger partial charge in [-0.2, -0.15) is 0 Å². The van der Waals surface area contributed by atoms with E-state index in [-0.39, 0.29) is 10.9 Å². The Labute approximate surface area is 90.9 Å². The second-order valence-electron chi connectivity index (χ2n) is 2.90. The summed E-state index contributed by atoms with van der Waals surface area (Å²) in [5.74, 6) is 0.259. The van der Waals surface area contributed by atoms with Crippen molar-refractivity contribution in [3.05, 3.63) is 29.2 Å². The molecule has 1 aromatic heterocycles. The van der Waals surface area contributed by atoms with Crippen molar-refractivity contribution in [2.75, 3.05) is 7.04 Å². The van der Waals surface area contributed by atoms with E-state index in [9.17, 15) is 0 Å². The molecule has 0 unspecified atom stereocenters. The lowest BCUT2D eigenvalue weighted by Crippen LogP contribution is -1.90. The number of ether oxygens (including phenoxy) is 1. The van der Waals surface area contributed by atoms with Crippen molar-refractivity contribution in [2.24, 2.45) is 0 Å². The molecule has 14 heavy (non-hydrogen) atoms. The lowest BCUT2D eigenvalue weighted by atomic mass is 10.1. The van der Waals surface area contributed by atoms with Gasteiger partial charge in [0.15, 0.2) is 0 Å². The predicted molar refractivity (Wildman–Crippen MR) is 55.8 cm³/mol. The summed E-state index contributed by atoms with van der Waals surface area (Å²) in [4.78, 5) is 7.88. The first kappa shape index (κ1) is 6.19. The Kier molecular flexibility index (Phi) is 1.51. The minimum Gasteiger partial charge on any atom is -0.496 e. The fraction of sp³-hybridized carbons (Fsp3) is 0.200. The molecule has 0 aliphatic heterocycles. The second-order valence-corrected chi connectivity index (χ2v) is 3.26. The van der Waals surface area contributed by atoms with Crippen LogP contribution in [-0.4, -0.2) is 17.0 Å². The maximum absolute atomic E-state index is 7.07. The van der Waals surface area contributed by atoms with Crippen molar-refractivity contribution < 1.29 is 8.85 Å². The van der Waals surface area contributed by atoms with Crippen LogP contribution in [0.2, 0.25) is 5.15 Å². The molecule has 72 valence electrons. The summed E-state index contributed by atoms with van der Waals surface area (Å²) in [7, 11) is -2.49. The van der Waals surface area contributed by atoms with Gasteiger partial charge in [0.25, 0.3) is 0 Å². The molecule has 0 fully saturated rings. The molecule has 3 nitrogen and oxygen atoms in total. The van der Waals surface area contributed by atoms with E-state index in [4.69, 9.17) is 20.5 Å². The van der Waals surface area contributed by atoms with Crippen molar-refractivity contribution in [1.82, 2.24) is 9.97 Å². The zero-order valence-corrected chi connectivity index (χ0v) is 8.17. The third-order valence-corrected chi connectivity index (χ3v) is 2.29. The van der Waals surface area contributed by atoms with Crippen LogP contribution >= 0.6 is 11.6 Å². The maximum Gasteiger partial charge on any atom is 0.140 e. The zero-order chi connectivity index (χ0) is 12.6. The quantitative estimate of drug-likeness (QED) is 0.681. The van der Waals surface area contributed by atoms with Crippen LogP contribution in [0.15, 0.2) is 18.5 Å². The van der Waals surface area contributed by atoms with Crippen LogP contribution in [0.4, 0.5) is 0 Å². The highest BCUT2D eigenvalue weighted by Crippen LogP contribution is 2.27. The molecule has 0 bridgehead atoms. The first-order valence-electron chi connectivity index (χ1n) is 5.47. The first-order chi connectivity index (χ1) is 7.87. The number of hydrogen-bond donors (Lipinski definition) is 0. The number of benzene rings is 1. The fourth-order valence-electron chi connectivity index (χ4n) is 1.27. The normalized spacial score (nSPS) is 14.6. The third kappa shape index (κ3) is 1.40. The number of methoxy groups -OCH3 is 1. The number of aryl methyl sites for hydroxylation is 1. The summed E-state index contributed by atoms with van der Waals surface area (Å²) in [5.41, 5.74) is 1.34. The Morgan fingerprint density at radius 3 is 3.07 bits per heavy atom. The molecular formula is C10H9ClN2O. The smallest absolute Gasteiger partial charge is 0.140 e. The van der Waals surface area contributed by atoms with Gasteiger partial charge in [0.2, 0.25) is 0 Å². The lowest BCUT2D eigenvalue weighted by Gasteiger charge is -2.06. The Bertz CT molecular complexity index is 571. The summed E-state index contributed by atoms with van der Waals surface area (Å²) in [5, 5.41) is 0.837. The number of hydrogen-bond acceptors (Lipinski definition) is 3. The number of rotatable bonds is 1. The molecule has 0 amide bonds. The average Bonchev–Trinajstić information content (AvgIpc) is 2.18. The standard InChI is InChI=1S/C10H9ClN2O/c1-6-3-8-7(4-9(6)14-2)10(11)13-5-12-8/h3-5H,1-2H3/i2D3. The van der Waals surface area contributed by atoms with E-state index in [0.717, 1.165) is 0 Å². The van der Waals surface area contributed by atoms with Crippen LogP contribution in [0.5, 0.6) is 5.75 Å². The van der Waals surface area contributed by atoms with E-state index < -0.39 is 7.04 Å². The molecule has 0 aliphatic rings. The van der Waals surface area contributed by atoms with E-state index in [1.807, 2.05) is 0 Å². The van der Waals surface area contributed by atoms with Crippen LogP contribution in [0, 0.1) is 6.92 Å². The Morgan fingerprint density at radius 1 is 1.43 bits per heavy atom. The van der Waals surface area contributed by atoms with Crippen molar-refractivity contribution in [3.63, 3.8) is 0 Å². The Hall–Kier alpha value is -1.35. The van der Waals surface area contributed by atoms with Gasteiger partial charge in [-0.05, 0) is 24.6 Å². The third-order valence-electron chi connectivity index (χ3n) is 1.99. The van der Waals surface area contributed by atoms with Gasteiger partial charge < -0.3 is 4.74 Å². The Morgan fingerprint density at radius 2 is 2.29 bits per heavy atom. The van der Waals surface area contributed by atoms with Gasteiger partial charge in [0.1, 0.15) is 17.2 Å². The number of aromatic nitrogens is 2. The largest absolute Gasteiger partial charge is 0.496 e. The maximum atomic E-state index is 7.07. The Balaban J connectivity index is 2.58. The molecular weight excluding hydrogens is 200 g/mol. The zero-order valence-electron chi connectivity index (χ0n) is 10.4. The minimum absolute atomic E-state index is 0.259. The fourth-order valence-corrected chi connectivity index (χ4v) is 1.46. The van der Waals surface area contributed by atoms with E-state index in [1.54, 1.807) is 19.1 Å². The molecule has 0 saturated carbocycles. The minimum atomic E-state index is -2.49. The van der Waals surface area contributed by atoms with E-state index >= 15 is 0 Å². The van der Waals surface area contributed by atoms with Crippen LogP contribution in [-0.2, 0) is 0 Å². The van der Waals surface area contributed by atoms with E-state index in [0.29, 0.717) is 16.5 Å². The van der Waals surface area contributed by atoms with Gasteiger partial charge in [-0.3, -0.25) is 0 Å². The van der Waals surface area contributed by atoms with Crippen molar-refractivity contribution in [2.45, 2.75) is 6.92 Å². The van der Waals surface area contributed by atoms with E-state index in [1.165, 1.54) is 6.33 Å². The topological polar surface area (TPSA) is 35.0 Å². The summed E-state index contributed by atoms with van der Waals surface area (Å²) in [6.45, 7) is 1.75. The van der Waals surface area contributed by atoms with Gasteiger partial charge in [-0.25, -0.2) is 9.97 Å². The number of halogens is 1. The average molecular weight is 212 g/mol. The van der Waals surface area contributed by atoms with Crippen molar-refractivity contribution >= 4 is 22.5 Å². The second kappa shape index (κ2) is 3.42. The summed E-state index contributed by atoms with van der Waals surface area (Å²) in [6, 6.07) is 3.25. The number of nitrogens with zero attached hydrogens (tertiary/aromatic N) is 2. The monoisotopic (exact) mass is 211 g/mol. The molecule has 4 heteroatoms. The summed E-state index contributed by atoms with van der Waals surface area (Å²) < 4.78 is 26.1. The molecule has 2 rings (SSSR count). The van der Waals surface area contributed by atoms with Crippen molar-refractivity contribution in [3.8, 4) is 5.75 Å². The van der Waals surface area contributed by atoms with Gasteiger partial charge in [0, 0.05) is 5.39 Å². The van der Waals surface area contributed by atoms with Crippen LogP contribution < -0.4 is 4.74 Å². The molecule has 0 radical (unpaired) electrons. The molecule has 0 aliphatic carbocycles. The van der Waals surface area contributed by atoms with Gasteiger partial charge in [-0.15, -0.1) is 0 Å². The molecule has 0 spiro atoms. The van der Waals surface area contributed by atoms with Crippen molar-refractivity contribution in [1.29, 1.82) is 0 Å². The van der Waals surface area contributed by atoms with Crippen LogP contribution in [0.3, 0.4) is 0 Å². The molecule has 1 heterocycles. The summed E-state index contributed by atoms with van der Waals surface area (Å²) in [6.07, 6.45) is 1.36. The first-order valence-corrected chi connectivity index (χ1v) is 4.34. The SMILES string of the molecule is [2H]C([2H])([2H])Oc1cc2c(Cl)ncnc2cc1C. The van der Waals surface area contributed by atoms with Gasteiger partial charge in [0.05, 0.1) is 16.7 Å². The molecule has 0 saturated heterocycles. The highest BCUT2D eigenvalue weighted by atomic mass is 35.5. The van der Waals surface area contributed by atoms with Crippen LogP contribution in [0.25, 0.3) is 10.9 Å². The van der Waals surface area contributed by atoms with Crippen LogP contribution in [0.1, 0.15) is 9.68 Å². The molecule has 0 N–H and O–H groups in total. The molecule has 0 atom stereocenters. The van der Waals surface area contributed by atoms with Gasteiger partial charge in [-0.1, -0.05) is 11.6 Å². The van der Waals surface area contributed by atoms with E-state index in [2.05, 4.69) is 9.97 Å². The van der Waals surface area contributed by atoms with Gasteiger partial charge >= 0.3 is 0 Å². The predicted octanol–water partition coefficient (Wildman–Crippen LogP) is 2.60. The highest BCUT2D eigenvalue weighted by Gasteiger charge is 2.05. The highest BCUT2D eigenvalue weighted by molar-refractivity contribution is 6.34. The number of fused-ring (bicyclic) bond motifs is 1.